The molecule has 1 aromatic carbocycles. The van der Waals surface area contributed by atoms with Crippen LogP contribution < -0.4 is 5.32 Å². The summed E-state index contributed by atoms with van der Waals surface area (Å²) in [6.07, 6.45) is -0.279. The molecule has 0 aliphatic carbocycles. The van der Waals surface area contributed by atoms with Gasteiger partial charge in [-0.3, -0.25) is 9.59 Å². The summed E-state index contributed by atoms with van der Waals surface area (Å²) in [6, 6.07) is 4.08. The van der Waals surface area contributed by atoms with Crippen molar-refractivity contribution < 1.29 is 19.1 Å². The van der Waals surface area contributed by atoms with E-state index < -0.39 is 24.2 Å². The van der Waals surface area contributed by atoms with Crippen molar-refractivity contribution in [3.8, 4) is 0 Å². The topological polar surface area (TPSA) is 66.4 Å². The second-order valence-electron chi connectivity index (χ2n) is 3.05. The molecular weight excluding hydrogens is 237 g/mol. The van der Waals surface area contributed by atoms with E-state index in [9.17, 15) is 14.0 Å². The highest BCUT2D eigenvalue weighted by molar-refractivity contribution is 6.31. The van der Waals surface area contributed by atoms with Gasteiger partial charge in [0.25, 0.3) is 0 Å². The van der Waals surface area contributed by atoms with E-state index >= 15 is 0 Å². The predicted molar refractivity (Wildman–Crippen MR) is 55.8 cm³/mol. The minimum atomic E-state index is -1.16. The number of hydrogen-bond donors (Lipinski definition) is 2. The number of carboxylic acids is 1. The van der Waals surface area contributed by atoms with Crippen molar-refractivity contribution in [2.45, 2.75) is 6.42 Å². The minimum absolute atomic E-state index is 0.0621. The number of nitrogens with one attached hydrogen (secondary N) is 1. The summed E-state index contributed by atoms with van der Waals surface area (Å²) in [5.41, 5.74) is 0.0621. The molecule has 0 heterocycles. The van der Waals surface area contributed by atoms with Crippen LogP contribution in [0.1, 0.15) is 5.56 Å². The molecule has 0 spiro atoms. The number of amides is 1. The molecule has 0 aromatic heterocycles. The third-order valence-electron chi connectivity index (χ3n) is 1.84. The molecule has 16 heavy (non-hydrogen) atoms. The molecule has 0 atom stereocenters. The second kappa shape index (κ2) is 5.46. The summed E-state index contributed by atoms with van der Waals surface area (Å²) < 4.78 is 13.2. The Bertz CT molecular complexity index is 402. The van der Waals surface area contributed by atoms with Gasteiger partial charge in [0.05, 0.1) is 6.42 Å². The van der Waals surface area contributed by atoms with E-state index in [-0.39, 0.29) is 17.0 Å². The normalized spacial score (nSPS) is 9.88. The fourth-order valence-corrected chi connectivity index (χ4v) is 1.33. The SMILES string of the molecule is O=C(O)CNC(=O)Cc1c(F)cccc1Cl. The van der Waals surface area contributed by atoms with Gasteiger partial charge < -0.3 is 10.4 Å². The van der Waals surface area contributed by atoms with Gasteiger partial charge >= 0.3 is 5.97 Å². The number of aliphatic carboxylic acids is 1. The largest absolute Gasteiger partial charge is 0.480 e. The molecule has 0 unspecified atom stereocenters. The fourth-order valence-electron chi connectivity index (χ4n) is 1.10. The zero-order valence-corrected chi connectivity index (χ0v) is 8.92. The smallest absolute Gasteiger partial charge is 0.322 e. The number of hydrogen-bond acceptors (Lipinski definition) is 2. The summed E-state index contributed by atoms with van der Waals surface area (Å²) in [6.45, 7) is -0.495. The van der Waals surface area contributed by atoms with Crippen molar-refractivity contribution in [2.24, 2.45) is 0 Å². The highest BCUT2D eigenvalue weighted by Gasteiger charge is 2.12. The Kier molecular flexibility index (Phi) is 4.25. The van der Waals surface area contributed by atoms with Crippen LogP contribution >= 0.6 is 11.6 Å². The van der Waals surface area contributed by atoms with Crippen LogP contribution in [0.2, 0.25) is 5.02 Å². The van der Waals surface area contributed by atoms with Gasteiger partial charge in [-0.25, -0.2) is 4.39 Å². The molecule has 6 heteroatoms. The van der Waals surface area contributed by atoms with E-state index in [2.05, 4.69) is 5.32 Å². The van der Waals surface area contributed by atoms with Crippen LogP contribution in [0.3, 0.4) is 0 Å². The Hall–Kier alpha value is -1.62. The third-order valence-corrected chi connectivity index (χ3v) is 2.19. The van der Waals surface area contributed by atoms with Crippen LogP contribution in [-0.4, -0.2) is 23.5 Å². The van der Waals surface area contributed by atoms with Crippen molar-refractivity contribution in [3.63, 3.8) is 0 Å². The molecule has 4 nitrogen and oxygen atoms in total. The molecule has 1 amide bonds. The van der Waals surface area contributed by atoms with Gasteiger partial charge in [-0.2, -0.15) is 0 Å². The van der Waals surface area contributed by atoms with Gasteiger partial charge in [0.15, 0.2) is 0 Å². The average molecular weight is 246 g/mol. The molecule has 0 saturated carbocycles. The number of carbonyl (C=O) groups excluding carboxylic acids is 1. The number of rotatable bonds is 4. The molecule has 1 aromatic rings. The molecule has 1 rings (SSSR count). The summed E-state index contributed by atoms with van der Waals surface area (Å²) in [5, 5.41) is 10.6. The first-order valence-electron chi connectivity index (χ1n) is 4.42. The maximum atomic E-state index is 13.2. The lowest BCUT2D eigenvalue weighted by Crippen LogP contribution is -2.30. The third kappa shape index (κ3) is 3.51. The van der Waals surface area contributed by atoms with E-state index in [4.69, 9.17) is 16.7 Å². The Balaban J connectivity index is 2.66. The van der Waals surface area contributed by atoms with Crippen LogP contribution in [-0.2, 0) is 16.0 Å². The standard InChI is InChI=1S/C10H9ClFNO3/c11-7-2-1-3-8(12)6(7)4-9(14)13-5-10(15)16/h1-3H,4-5H2,(H,13,14)(H,15,16). The number of halogens is 2. The predicted octanol–water partition coefficient (Wildman–Crippen LogP) is 1.22. The second-order valence-corrected chi connectivity index (χ2v) is 3.45. The zero-order valence-electron chi connectivity index (χ0n) is 8.17. The Morgan fingerprint density at radius 1 is 1.44 bits per heavy atom. The first-order valence-corrected chi connectivity index (χ1v) is 4.80. The monoisotopic (exact) mass is 245 g/mol. The van der Waals surface area contributed by atoms with Gasteiger partial charge in [0.2, 0.25) is 5.91 Å². The molecule has 2 N–H and O–H groups in total. The maximum Gasteiger partial charge on any atom is 0.322 e. The first-order chi connectivity index (χ1) is 7.50. The van der Waals surface area contributed by atoms with Gasteiger partial charge in [-0.1, -0.05) is 17.7 Å². The molecule has 0 aliphatic rings. The molecular formula is C10H9ClFNO3. The highest BCUT2D eigenvalue weighted by atomic mass is 35.5. The van der Waals surface area contributed by atoms with Crippen molar-refractivity contribution in [1.82, 2.24) is 5.32 Å². The molecule has 86 valence electrons. The molecule has 0 fully saturated rings. The summed E-state index contributed by atoms with van der Waals surface area (Å²) in [7, 11) is 0. The molecule has 0 radical (unpaired) electrons. The number of benzene rings is 1. The lowest BCUT2D eigenvalue weighted by molar-refractivity contribution is -0.137. The summed E-state index contributed by atoms with van der Waals surface area (Å²) >= 11 is 5.70. The Morgan fingerprint density at radius 3 is 2.69 bits per heavy atom. The van der Waals surface area contributed by atoms with Gasteiger partial charge in [-0.15, -0.1) is 0 Å². The van der Waals surface area contributed by atoms with Crippen LogP contribution in [0.25, 0.3) is 0 Å². The molecule has 0 aliphatic heterocycles. The van der Waals surface area contributed by atoms with Crippen LogP contribution in [0.15, 0.2) is 18.2 Å². The van der Waals surface area contributed by atoms with Crippen molar-refractivity contribution in [3.05, 3.63) is 34.6 Å². The number of carboxylic acid groups (broad SMARTS) is 1. The van der Waals surface area contributed by atoms with Crippen LogP contribution in [0.4, 0.5) is 4.39 Å². The van der Waals surface area contributed by atoms with E-state index in [1.54, 1.807) is 0 Å². The lowest BCUT2D eigenvalue weighted by atomic mass is 10.1. The van der Waals surface area contributed by atoms with E-state index in [1.165, 1.54) is 18.2 Å². The lowest BCUT2D eigenvalue weighted by Gasteiger charge is -2.05. The average Bonchev–Trinajstić information content (AvgIpc) is 2.21. The maximum absolute atomic E-state index is 13.2. The highest BCUT2D eigenvalue weighted by Crippen LogP contribution is 2.19. The Labute approximate surface area is 96.0 Å². The molecule has 0 saturated heterocycles. The summed E-state index contributed by atoms with van der Waals surface area (Å²) in [5.74, 6) is -2.33. The van der Waals surface area contributed by atoms with Crippen LogP contribution in [0.5, 0.6) is 0 Å². The zero-order chi connectivity index (χ0) is 12.1. The first kappa shape index (κ1) is 12.4. The fraction of sp³-hybridized carbons (Fsp3) is 0.200. The van der Waals surface area contributed by atoms with E-state index in [1.807, 2.05) is 0 Å². The van der Waals surface area contributed by atoms with E-state index in [0.29, 0.717) is 0 Å². The van der Waals surface area contributed by atoms with Gasteiger partial charge in [0.1, 0.15) is 12.4 Å². The quantitative estimate of drug-likeness (QED) is 0.838. The van der Waals surface area contributed by atoms with Gasteiger partial charge in [-0.05, 0) is 12.1 Å². The van der Waals surface area contributed by atoms with Gasteiger partial charge in [0, 0.05) is 10.6 Å². The van der Waals surface area contributed by atoms with Crippen molar-refractivity contribution in [1.29, 1.82) is 0 Å². The van der Waals surface area contributed by atoms with Crippen molar-refractivity contribution in [2.75, 3.05) is 6.54 Å². The van der Waals surface area contributed by atoms with E-state index in [0.717, 1.165) is 0 Å². The van der Waals surface area contributed by atoms with Crippen LogP contribution in [0, 0.1) is 5.82 Å². The minimum Gasteiger partial charge on any atom is -0.480 e. The molecule has 0 bridgehead atoms. The number of carbonyl (C=O) groups is 2. The van der Waals surface area contributed by atoms with Crippen molar-refractivity contribution >= 4 is 23.5 Å². The Morgan fingerprint density at radius 2 is 2.12 bits per heavy atom. The summed E-state index contributed by atoms with van der Waals surface area (Å²) in [4.78, 5) is 21.4.